The van der Waals surface area contributed by atoms with Gasteiger partial charge in [-0.05, 0) is 57.2 Å². The van der Waals surface area contributed by atoms with Crippen LogP contribution in [0.4, 0.5) is 0 Å². The lowest BCUT2D eigenvalue weighted by molar-refractivity contribution is 0.129. The van der Waals surface area contributed by atoms with Crippen LogP contribution in [-0.4, -0.2) is 18.1 Å². The fourth-order valence-corrected chi connectivity index (χ4v) is 2.92. The number of nitrogens with two attached hydrogens (primary N) is 1. The molecule has 0 bridgehead atoms. The van der Waals surface area contributed by atoms with Crippen LogP contribution in [0.2, 0.25) is 0 Å². The number of nitrogens with zero attached hydrogens (tertiary/aromatic N) is 1. The number of rotatable bonds is 6. The molecule has 138 valence electrons. The largest absolute Gasteiger partial charge is 0.488 e. The molecule has 6 heteroatoms. The zero-order valence-corrected chi connectivity index (χ0v) is 18.5. The highest BCUT2D eigenvalue weighted by Gasteiger charge is 2.14. The second-order valence-electron chi connectivity index (χ2n) is 6.78. The number of nitrogens with one attached hydrogen (secondary N) is 1. The van der Waals surface area contributed by atoms with Crippen molar-refractivity contribution in [2.45, 2.75) is 46.3 Å². The summed E-state index contributed by atoms with van der Waals surface area (Å²) in [6, 6.07) is 10.4. The van der Waals surface area contributed by atoms with Gasteiger partial charge >= 0.3 is 0 Å². The number of ether oxygens (including phenoxy) is 1. The fourth-order valence-electron chi connectivity index (χ4n) is 2.21. The van der Waals surface area contributed by atoms with Crippen LogP contribution in [0.15, 0.2) is 40.7 Å². The van der Waals surface area contributed by atoms with Gasteiger partial charge in [-0.3, -0.25) is 0 Å². The normalized spacial score (nSPS) is 11.8. The molecule has 0 spiro atoms. The van der Waals surface area contributed by atoms with Gasteiger partial charge in [-0.25, -0.2) is 4.99 Å². The zero-order valence-electron chi connectivity index (χ0n) is 15.3. The minimum absolute atomic E-state index is 0. The van der Waals surface area contributed by atoms with Crippen molar-refractivity contribution < 1.29 is 4.74 Å². The summed E-state index contributed by atoms with van der Waals surface area (Å²) >= 11 is 1.76. The number of hydrogen-bond donors (Lipinski definition) is 2. The Labute approximate surface area is 171 Å². The third-order valence-corrected chi connectivity index (χ3v) is 4.25. The summed E-state index contributed by atoms with van der Waals surface area (Å²) in [5, 5.41) is 5.25. The summed E-state index contributed by atoms with van der Waals surface area (Å²) in [4.78, 5) is 5.78. The molecule has 1 aromatic heterocycles. The van der Waals surface area contributed by atoms with Crippen LogP contribution in [-0.2, 0) is 13.0 Å². The zero-order chi connectivity index (χ0) is 17.6. The quantitative estimate of drug-likeness (QED) is 0.369. The van der Waals surface area contributed by atoms with Gasteiger partial charge in [0.25, 0.3) is 0 Å². The molecule has 3 N–H and O–H groups in total. The Morgan fingerprint density at radius 3 is 2.68 bits per heavy atom. The number of aryl methyl sites for hydroxylation is 1. The molecule has 25 heavy (non-hydrogen) atoms. The summed E-state index contributed by atoms with van der Waals surface area (Å²) in [6.07, 6.45) is 0.955. The highest BCUT2D eigenvalue weighted by atomic mass is 127. The molecule has 0 fully saturated rings. The minimum atomic E-state index is -0.239. The van der Waals surface area contributed by atoms with E-state index < -0.39 is 0 Å². The van der Waals surface area contributed by atoms with Crippen molar-refractivity contribution in [1.82, 2.24) is 5.32 Å². The van der Waals surface area contributed by atoms with Gasteiger partial charge in [0.1, 0.15) is 11.4 Å². The van der Waals surface area contributed by atoms with E-state index in [4.69, 9.17) is 10.5 Å². The molecule has 0 amide bonds. The number of guanidine groups is 1. The first-order chi connectivity index (χ1) is 11.3. The Morgan fingerprint density at radius 1 is 1.28 bits per heavy atom. The first-order valence-electron chi connectivity index (χ1n) is 8.18. The summed E-state index contributed by atoms with van der Waals surface area (Å²) in [7, 11) is 0. The van der Waals surface area contributed by atoms with Crippen molar-refractivity contribution >= 4 is 41.3 Å². The lowest BCUT2D eigenvalue weighted by Crippen LogP contribution is -2.33. The predicted molar refractivity (Wildman–Crippen MR) is 118 cm³/mol. The first kappa shape index (κ1) is 21.8. The Balaban J connectivity index is 0.00000312. The second kappa shape index (κ2) is 10.0. The van der Waals surface area contributed by atoms with Crippen LogP contribution < -0.4 is 15.8 Å². The molecule has 1 heterocycles. The fraction of sp³-hybridized carbons (Fsp3) is 0.421. The predicted octanol–water partition coefficient (Wildman–Crippen LogP) is 4.50. The number of hydrogen-bond acceptors (Lipinski definition) is 3. The van der Waals surface area contributed by atoms with Crippen LogP contribution in [0.3, 0.4) is 0 Å². The number of benzene rings is 1. The van der Waals surface area contributed by atoms with Crippen molar-refractivity contribution in [1.29, 1.82) is 0 Å². The highest BCUT2D eigenvalue weighted by Crippen LogP contribution is 2.25. The maximum absolute atomic E-state index is 6.05. The van der Waals surface area contributed by atoms with E-state index in [0.29, 0.717) is 12.5 Å². The summed E-state index contributed by atoms with van der Waals surface area (Å²) in [6.45, 7) is 9.48. The van der Waals surface area contributed by atoms with E-state index >= 15 is 0 Å². The Morgan fingerprint density at radius 2 is 2.04 bits per heavy atom. The molecular weight excluding hydrogens is 445 g/mol. The molecule has 2 aromatic rings. The van der Waals surface area contributed by atoms with Gasteiger partial charge in [0.2, 0.25) is 0 Å². The van der Waals surface area contributed by atoms with Crippen LogP contribution in [0.25, 0.3) is 0 Å². The lowest BCUT2D eigenvalue weighted by atomic mass is 10.1. The molecule has 0 aliphatic rings. The number of aliphatic imine (C=N–C) groups is 1. The number of halogens is 1. The van der Waals surface area contributed by atoms with Crippen molar-refractivity contribution in [3.63, 3.8) is 0 Å². The average molecular weight is 473 g/mol. The van der Waals surface area contributed by atoms with E-state index in [2.05, 4.69) is 52.9 Å². The summed E-state index contributed by atoms with van der Waals surface area (Å²) in [5.74, 6) is 1.34. The first-order valence-corrected chi connectivity index (χ1v) is 9.06. The highest BCUT2D eigenvalue weighted by molar-refractivity contribution is 14.0. The van der Waals surface area contributed by atoms with Crippen LogP contribution >= 0.6 is 35.3 Å². The molecule has 0 saturated heterocycles. The minimum Gasteiger partial charge on any atom is -0.488 e. The molecule has 0 unspecified atom stereocenters. The van der Waals surface area contributed by atoms with E-state index in [-0.39, 0.29) is 29.6 Å². The Bertz CT molecular complexity index is 678. The SMILES string of the molecule is Cc1ccc(CN=C(N)NCCc2cccs2)c(OC(C)(C)C)c1.I. The van der Waals surface area contributed by atoms with Gasteiger partial charge in [0.05, 0.1) is 6.54 Å². The molecule has 2 rings (SSSR count). The van der Waals surface area contributed by atoms with E-state index in [9.17, 15) is 0 Å². The molecule has 0 radical (unpaired) electrons. The van der Waals surface area contributed by atoms with Crippen molar-refractivity contribution in [2.24, 2.45) is 10.7 Å². The monoisotopic (exact) mass is 473 g/mol. The third-order valence-electron chi connectivity index (χ3n) is 3.32. The summed E-state index contributed by atoms with van der Waals surface area (Å²) in [5.41, 5.74) is 7.94. The van der Waals surface area contributed by atoms with Crippen molar-refractivity contribution in [2.75, 3.05) is 6.54 Å². The standard InChI is InChI=1S/C19H27N3OS.HI/c1-14-7-8-15(17(12-14)23-19(2,3)4)13-22-18(20)21-10-9-16-6-5-11-24-16;/h5-8,11-12H,9-10,13H2,1-4H3,(H3,20,21,22);1H. The summed E-state index contributed by atoms with van der Waals surface area (Å²) < 4.78 is 6.05. The van der Waals surface area contributed by atoms with Gasteiger partial charge in [0, 0.05) is 17.0 Å². The molecular formula is C19H28IN3OS. The van der Waals surface area contributed by atoms with Gasteiger partial charge in [-0.1, -0.05) is 18.2 Å². The van der Waals surface area contributed by atoms with Crippen molar-refractivity contribution in [3.05, 3.63) is 51.7 Å². The van der Waals surface area contributed by atoms with E-state index in [1.54, 1.807) is 11.3 Å². The second-order valence-corrected chi connectivity index (χ2v) is 7.82. The van der Waals surface area contributed by atoms with Crippen LogP contribution in [0.5, 0.6) is 5.75 Å². The lowest BCUT2D eigenvalue weighted by Gasteiger charge is -2.23. The van der Waals surface area contributed by atoms with Crippen molar-refractivity contribution in [3.8, 4) is 5.75 Å². The third kappa shape index (κ3) is 8.09. The maximum atomic E-state index is 6.05. The molecule has 0 aliphatic heterocycles. The van der Waals surface area contributed by atoms with Gasteiger partial charge in [-0.15, -0.1) is 35.3 Å². The maximum Gasteiger partial charge on any atom is 0.188 e. The van der Waals surface area contributed by atoms with E-state index in [0.717, 1.165) is 24.3 Å². The number of thiophene rings is 1. The Kier molecular flexibility index (Phi) is 8.71. The molecule has 1 aromatic carbocycles. The van der Waals surface area contributed by atoms with Gasteiger partial charge < -0.3 is 15.8 Å². The van der Waals surface area contributed by atoms with E-state index in [1.165, 1.54) is 10.4 Å². The molecule has 0 atom stereocenters. The Hall–Kier alpha value is -1.28. The van der Waals surface area contributed by atoms with Gasteiger partial charge in [-0.2, -0.15) is 0 Å². The molecule has 0 aliphatic carbocycles. The van der Waals surface area contributed by atoms with Gasteiger partial charge in [0.15, 0.2) is 5.96 Å². The van der Waals surface area contributed by atoms with Crippen LogP contribution in [0, 0.1) is 6.92 Å². The van der Waals surface area contributed by atoms with E-state index in [1.807, 2.05) is 20.8 Å². The van der Waals surface area contributed by atoms with Crippen LogP contribution in [0.1, 0.15) is 36.8 Å². The topological polar surface area (TPSA) is 59.6 Å². The average Bonchev–Trinajstić information content (AvgIpc) is 2.98. The smallest absolute Gasteiger partial charge is 0.188 e. The molecule has 4 nitrogen and oxygen atoms in total. The molecule has 0 saturated carbocycles.